The molecule has 1 heteroatoms. The maximum absolute atomic E-state index is 2.96. The summed E-state index contributed by atoms with van der Waals surface area (Å²) in [7, 11) is 0. The minimum atomic E-state index is 0.522. The number of piperidine rings is 1. The Balaban J connectivity index is 0.833. The number of nitrogens with zero attached hydrogens (tertiary/aromatic N) is 1. The molecule has 5 aliphatic carbocycles. The number of likely N-dealkylation sites (tertiary alicyclic amines) is 1. The maximum atomic E-state index is 2.96. The molecular weight excluding hydrogens is 795 g/mol. The van der Waals surface area contributed by atoms with Crippen LogP contribution in [0.2, 0.25) is 0 Å². The zero-order valence-corrected chi connectivity index (χ0v) is 45.9. The average molecular weight is 913 g/mol. The van der Waals surface area contributed by atoms with E-state index in [9.17, 15) is 0 Å². The molecule has 4 saturated carbocycles. The van der Waals surface area contributed by atoms with E-state index in [-0.39, 0.29) is 0 Å². The monoisotopic (exact) mass is 912 g/mol. The Morgan fingerprint density at radius 3 is 1.92 bits per heavy atom. The zero-order valence-electron chi connectivity index (χ0n) is 45.9. The Hall–Kier alpha value is -0.560. The molecular formula is C65H117N. The minimum absolute atomic E-state index is 0.522. The topological polar surface area (TPSA) is 3.24 Å². The average Bonchev–Trinajstić information content (AvgIpc) is 3.68. The van der Waals surface area contributed by atoms with Gasteiger partial charge >= 0.3 is 0 Å². The van der Waals surface area contributed by atoms with Crippen molar-refractivity contribution >= 4 is 0 Å². The summed E-state index contributed by atoms with van der Waals surface area (Å²) in [4.78, 5) is 2.96. The Morgan fingerprint density at radius 1 is 0.606 bits per heavy atom. The third-order valence-corrected chi connectivity index (χ3v) is 21.1. The molecule has 0 bridgehead atoms. The molecule has 1 heterocycles. The molecule has 5 fully saturated rings. The molecule has 0 aromatic carbocycles. The lowest BCUT2D eigenvalue weighted by molar-refractivity contribution is -0.0529. The van der Waals surface area contributed by atoms with Crippen molar-refractivity contribution in [1.82, 2.24) is 4.90 Å². The van der Waals surface area contributed by atoms with Crippen molar-refractivity contribution in [2.24, 2.45) is 70.0 Å². The van der Waals surface area contributed by atoms with Gasteiger partial charge in [0.15, 0.2) is 0 Å². The lowest BCUT2D eigenvalue weighted by Crippen LogP contribution is -2.50. The van der Waals surface area contributed by atoms with Gasteiger partial charge in [-0.3, -0.25) is 0 Å². The first kappa shape index (κ1) is 54.8. The van der Waals surface area contributed by atoms with Crippen LogP contribution in [0, 0.1) is 70.0 Å². The molecule has 0 spiro atoms. The normalized spacial score (nSPS) is 32.2. The summed E-state index contributed by atoms with van der Waals surface area (Å²) >= 11 is 0. The van der Waals surface area contributed by atoms with Gasteiger partial charge < -0.3 is 4.90 Å². The predicted octanol–water partition coefficient (Wildman–Crippen LogP) is 20.7. The molecule has 1 saturated heterocycles. The molecule has 0 aromatic rings. The highest BCUT2D eigenvalue weighted by Gasteiger charge is 2.59. The van der Waals surface area contributed by atoms with Crippen molar-refractivity contribution in [1.29, 1.82) is 0 Å². The number of fused-ring (bicyclic) bond motifs is 6. The number of allylic oxidation sites excluding steroid dienone is 4. The van der Waals surface area contributed by atoms with Gasteiger partial charge in [-0.05, 0) is 179 Å². The second kappa shape index (κ2) is 29.7. The lowest BCUT2D eigenvalue weighted by atomic mass is 9.46. The van der Waals surface area contributed by atoms with Crippen LogP contribution >= 0.6 is 0 Å². The van der Waals surface area contributed by atoms with E-state index >= 15 is 0 Å². The fourth-order valence-corrected chi connectivity index (χ4v) is 17.0. The van der Waals surface area contributed by atoms with Gasteiger partial charge in [-0.2, -0.15) is 0 Å². The van der Waals surface area contributed by atoms with Crippen LogP contribution in [0.15, 0.2) is 23.8 Å². The lowest BCUT2D eigenvalue weighted by Gasteiger charge is -2.58. The number of hydrogen-bond acceptors (Lipinski definition) is 1. The molecule has 6 aliphatic rings. The van der Waals surface area contributed by atoms with Gasteiger partial charge in [0.1, 0.15) is 0 Å². The second-order valence-corrected chi connectivity index (χ2v) is 26.4. The van der Waals surface area contributed by atoms with E-state index in [1.165, 1.54) is 276 Å². The van der Waals surface area contributed by atoms with Crippen molar-refractivity contribution in [3.8, 4) is 0 Å². The van der Waals surface area contributed by atoms with Gasteiger partial charge in [0.05, 0.1) is 0 Å². The first-order valence-corrected chi connectivity index (χ1v) is 31.3. The smallest absolute Gasteiger partial charge is 0.00124 e. The summed E-state index contributed by atoms with van der Waals surface area (Å²) in [6.07, 6.45) is 66.6. The Kier molecular flexibility index (Phi) is 24.6. The number of unbranched alkanes of at least 4 members (excludes halogenated alkanes) is 18. The highest BCUT2D eigenvalue weighted by molar-refractivity contribution is 5.25. The highest BCUT2D eigenvalue weighted by atomic mass is 15.1. The molecule has 382 valence electrons. The van der Waals surface area contributed by atoms with Gasteiger partial charge in [-0.15, -0.1) is 0 Å². The second-order valence-electron chi connectivity index (χ2n) is 26.4. The van der Waals surface area contributed by atoms with Crippen molar-refractivity contribution < 1.29 is 0 Å². The van der Waals surface area contributed by atoms with E-state index in [2.05, 4.69) is 64.7 Å². The minimum Gasteiger partial charge on any atom is -0.303 e. The summed E-state index contributed by atoms with van der Waals surface area (Å²) in [6.45, 7) is 19.6. The molecule has 11 unspecified atom stereocenters. The molecule has 6 rings (SSSR count). The van der Waals surface area contributed by atoms with Crippen LogP contribution in [0.3, 0.4) is 0 Å². The van der Waals surface area contributed by atoms with Crippen molar-refractivity contribution in [2.75, 3.05) is 19.6 Å². The molecule has 0 N–H and O–H groups in total. The standard InChI is InChI=1S/C65H117N/c1-7-8-9-10-11-12-13-14-15-16-17-18-19-20-21-22-24-28-36-56(51-66-49-46-57-38-30-31-39-58(57)52-66)37-29-26-23-25-27-35-55-44-47-64(5)59(50-55)40-41-60-62-43-42-61(54(4)34-32-33-53(2)3)65(62,6)48-45-63(60)64/h14-15,40,53-58,60-63H,7-13,16-39,41-52H2,1-6H3/b15-14-. The van der Waals surface area contributed by atoms with Crippen LogP contribution in [0.25, 0.3) is 0 Å². The van der Waals surface area contributed by atoms with Crippen LogP contribution < -0.4 is 0 Å². The first-order chi connectivity index (χ1) is 32.2. The van der Waals surface area contributed by atoms with Crippen molar-refractivity contribution in [2.45, 2.75) is 298 Å². The molecule has 0 amide bonds. The summed E-state index contributed by atoms with van der Waals surface area (Å²) in [6, 6.07) is 0. The molecule has 0 radical (unpaired) electrons. The van der Waals surface area contributed by atoms with Gasteiger partial charge in [0, 0.05) is 13.1 Å². The van der Waals surface area contributed by atoms with Crippen LogP contribution in [-0.2, 0) is 0 Å². The van der Waals surface area contributed by atoms with Gasteiger partial charge in [0.25, 0.3) is 0 Å². The highest BCUT2D eigenvalue weighted by Crippen LogP contribution is 2.67. The van der Waals surface area contributed by atoms with E-state index in [4.69, 9.17) is 0 Å². The molecule has 0 aromatic heterocycles. The van der Waals surface area contributed by atoms with Crippen LogP contribution in [0.4, 0.5) is 0 Å². The quantitative estimate of drug-likeness (QED) is 0.0468. The van der Waals surface area contributed by atoms with Crippen LogP contribution in [0.1, 0.15) is 298 Å². The summed E-state index contributed by atoms with van der Waals surface area (Å²) in [5.74, 6) is 9.75. The van der Waals surface area contributed by atoms with Gasteiger partial charge in [0.2, 0.25) is 0 Å². The maximum Gasteiger partial charge on any atom is 0.00124 e. The summed E-state index contributed by atoms with van der Waals surface area (Å²) in [5, 5.41) is 0. The van der Waals surface area contributed by atoms with E-state index in [1.54, 1.807) is 0 Å². The molecule has 66 heavy (non-hydrogen) atoms. The SMILES string of the molecule is CCCCCCCC/C=C\CCCCCCCCCCC(CCCCCCCC1CCC2(C)C(=CCC3C2CCC2(C)C(C(C)CCCC(C)C)CCC32)C1)CN1CCC2CCCCC2C1. The fourth-order valence-electron chi connectivity index (χ4n) is 17.0. The van der Waals surface area contributed by atoms with Crippen molar-refractivity contribution in [3.05, 3.63) is 23.8 Å². The van der Waals surface area contributed by atoms with Crippen LogP contribution in [0.5, 0.6) is 0 Å². The van der Waals surface area contributed by atoms with E-state index < -0.39 is 0 Å². The number of hydrogen-bond donors (Lipinski definition) is 0. The molecule has 1 aliphatic heterocycles. The van der Waals surface area contributed by atoms with E-state index in [0.717, 1.165) is 59.2 Å². The first-order valence-electron chi connectivity index (χ1n) is 31.3. The molecule has 11 atom stereocenters. The van der Waals surface area contributed by atoms with Crippen LogP contribution in [-0.4, -0.2) is 24.5 Å². The summed E-state index contributed by atoms with van der Waals surface area (Å²) < 4.78 is 0. The fraction of sp³-hybridized carbons (Fsp3) is 0.938. The third-order valence-electron chi connectivity index (χ3n) is 21.1. The zero-order chi connectivity index (χ0) is 46.5. The van der Waals surface area contributed by atoms with Gasteiger partial charge in [-0.25, -0.2) is 0 Å². The predicted molar refractivity (Wildman–Crippen MR) is 292 cm³/mol. The van der Waals surface area contributed by atoms with Gasteiger partial charge in [-0.1, -0.05) is 219 Å². The largest absolute Gasteiger partial charge is 0.303 e. The Morgan fingerprint density at radius 2 is 1.24 bits per heavy atom. The van der Waals surface area contributed by atoms with E-state index in [1.807, 2.05) is 5.57 Å². The number of rotatable bonds is 33. The van der Waals surface area contributed by atoms with Crippen molar-refractivity contribution in [3.63, 3.8) is 0 Å². The van der Waals surface area contributed by atoms with E-state index in [0.29, 0.717) is 10.8 Å². The summed E-state index contributed by atoms with van der Waals surface area (Å²) in [5.41, 5.74) is 3.08. The Labute approximate surface area is 414 Å². The third kappa shape index (κ3) is 16.8. The molecule has 1 nitrogen and oxygen atoms in total. The Bertz CT molecular complexity index is 1340.